The Balaban J connectivity index is 1.33. The average molecular weight is 341 g/mol. The number of hydrogen-bond acceptors (Lipinski definition) is 2. The molecule has 0 radical (unpaired) electrons. The van der Waals surface area contributed by atoms with Crippen molar-refractivity contribution in [2.24, 2.45) is 23.2 Å². The molecule has 5 rings (SSSR count). The molecule has 1 aromatic carbocycles. The number of benzene rings is 1. The van der Waals surface area contributed by atoms with Gasteiger partial charge in [0, 0.05) is 5.41 Å². The normalized spacial score (nSPS) is 33.4. The summed E-state index contributed by atoms with van der Waals surface area (Å²) in [7, 11) is 0. The quantitative estimate of drug-likeness (QED) is 0.837. The maximum absolute atomic E-state index is 13.2. The summed E-state index contributed by atoms with van der Waals surface area (Å²) in [6.07, 6.45) is 7.46. The number of rotatable bonds is 6. The second kappa shape index (κ2) is 6.42. The van der Waals surface area contributed by atoms with E-state index in [9.17, 15) is 4.79 Å². The van der Waals surface area contributed by atoms with Crippen molar-refractivity contribution in [1.29, 1.82) is 0 Å². The average Bonchev–Trinajstić information content (AvgIpc) is 2.54. The SMILES string of the molecule is CC(C)(COCc1ccccc1)NC(=O)C12CC3CC(CC(C3)C1)C2. The number of ether oxygens (including phenoxy) is 1. The molecule has 4 aliphatic rings. The van der Waals surface area contributed by atoms with Gasteiger partial charge in [0.05, 0.1) is 18.8 Å². The van der Waals surface area contributed by atoms with Crippen LogP contribution < -0.4 is 5.32 Å². The molecule has 3 nitrogen and oxygen atoms in total. The molecule has 1 aromatic rings. The maximum atomic E-state index is 13.2. The van der Waals surface area contributed by atoms with E-state index in [2.05, 4.69) is 31.3 Å². The lowest BCUT2D eigenvalue weighted by molar-refractivity contribution is -0.148. The molecule has 0 aromatic heterocycles. The molecule has 0 unspecified atom stereocenters. The number of carbonyl (C=O) groups is 1. The summed E-state index contributed by atoms with van der Waals surface area (Å²) in [5, 5.41) is 3.34. The first-order valence-corrected chi connectivity index (χ1v) is 9.88. The van der Waals surface area contributed by atoms with Crippen molar-refractivity contribution in [3.05, 3.63) is 35.9 Å². The topological polar surface area (TPSA) is 38.3 Å². The summed E-state index contributed by atoms with van der Waals surface area (Å²) in [5.41, 5.74) is 0.770. The second-order valence-electron chi connectivity index (χ2n) is 9.51. The highest BCUT2D eigenvalue weighted by molar-refractivity contribution is 5.83. The van der Waals surface area contributed by atoms with E-state index in [1.165, 1.54) is 24.8 Å². The molecule has 1 N–H and O–H groups in total. The van der Waals surface area contributed by atoms with E-state index < -0.39 is 0 Å². The highest BCUT2D eigenvalue weighted by Crippen LogP contribution is 2.60. The van der Waals surface area contributed by atoms with Crippen molar-refractivity contribution in [2.75, 3.05) is 6.61 Å². The Morgan fingerprint density at radius 2 is 1.64 bits per heavy atom. The predicted octanol–water partition coefficient (Wildman–Crippen LogP) is 4.31. The zero-order chi connectivity index (χ0) is 17.5. The monoisotopic (exact) mass is 341 g/mol. The second-order valence-corrected chi connectivity index (χ2v) is 9.51. The van der Waals surface area contributed by atoms with Gasteiger partial charge in [-0.3, -0.25) is 4.79 Å². The van der Waals surface area contributed by atoms with Gasteiger partial charge in [0.2, 0.25) is 5.91 Å². The molecule has 0 spiro atoms. The third-order valence-corrected chi connectivity index (χ3v) is 6.55. The molecular formula is C22H31NO2. The molecular weight excluding hydrogens is 310 g/mol. The summed E-state index contributed by atoms with van der Waals surface area (Å²) < 4.78 is 5.89. The van der Waals surface area contributed by atoms with Crippen LogP contribution in [0.15, 0.2) is 30.3 Å². The van der Waals surface area contributed by atoms with Crippen molar-refractivity contribution < 1.29 is 9.53 Å². The van der Waals surface area contributed by atoms with Gasteiger partial charge in [0.1, 0.15) is 0 Å². The van der Waals surface area contributed by atoms with Crippen LogP contribution in [-0.2, 0) is 16.1 Å². The minimum Gasteiger partial charge on any atom is -0.374 e. The zero-order valence-corrected chi connectivity index (χ0v) is 15.6. The Morgan fingerprint density at radius 3 is 2.20 bits per heavy atom. The third kappa shape index (κ3) is 3.62. The van der Waals surface area contributed by atoms with Crippen LogP contribution in [0.3, 0.4) is 0 Å². The maximum Gasteiger partial charge on any atom is 0.226 e. The van der Waals surface area contributed by atoms with Crippen LogP contribution in [0.2, 0.25) is 0 Å². The Labute approximate surface area is 151 Å². The minimum atomic E-state index is -0.324. The van der Waals surface area contributed by atoms with Gasteiger partial charge in [-0.2, -0.15) is 0 Å². The van der Waals surface area contributed by atoms with Crippen LogP contribution in [0.5, 0.6) is 0 Å². The predicted molar refractivity (Wildman–Crippen MR) is 98.9 cm³/mol. The van der Waals surface area contributed by atoms with E-state index in [1.54, 1.807) is 0 Å². The molecule has 4 saturated carbocycles. The van der Waals surface area contributed by atoms with E-state index in [1.807, 2.05) is 18.2 Å². The number of hydrogen-bond donors (Lipinski definition) is 1. The summed E-state index contributed by atoms with van der Waals surface area (Å²) in [5.74, 6) is 2.69. The number of carbonyl (C=O) groups excluding carboxylic acids is 1. The number of amides is 1. The Hall–Kier alpha value is -1.35. The molecule has 25 heavy (non-hydrogen) atoms. The largest absolute Gasteiger partial charge is 0.374 e. The van der Waals surface area contributed by atoms with E-state index in [4.69, 9.17) is 4.74 Å². The molecule has 0 atom stereocenters. The Kier molecular flexibility index (Phi) is 4.39. The molecule has 136 valence electrons. The first-order valence-electron chi connectivity index (χ1n) is 9.88. The van der Waals surface area contributed by atoms with E-state index in [0.717, 1.165) is 37.0 Å². The lowest BCUT2D eigenvalue weighted by Crippen LogP contribution is -2.58. The fourth-order valence-corrected chi connectivity index (χ4v) is 5.86. The smallest absolute Gasteiger partial charge is 0.226 e. The van der Waals surface area contributed by atoms with Gasteiger partial charge in [-0.1, -0.05) is 30.3 Å². The molecule has 4 fully saturated rings. The van der Waals surface area contributed by atoms with Crippen LogP contribution in [-0.4, -0.2) is 18.1 Å². The summed E-state index contributed by atoms with van der Waals surface area (Å²) in [6, 6.07) is 10.2. The highest BCUT2D eigenvalue weighted by Gasteiger charge is 2.55. The van der Waals surface area contributed by atoms with Crippen molar-refractivity contribution in [3.63, 3.8) is 0 Å². The number of nitrogens with one attached hydrogen (secondary N) is 1. The summed E-state index contributed by atoms with van der Waals surface area (Å²) >= 11 is 0. The summed E-state index contributed by atoms with van der Waals surface area (Å²) in [4.78, 5) is 13.2. The summed E-state index contributed by atoms with van der Waals surface area (Å²) in [6.45, 7) is 5.30. The van der Waals surface area contributed by atoms with Gasteiger partial charge in [0.15, 0.2) is 0 Å². The molecule has 1 amide bonds. The lowest BCUT2D eigenvalue weighted by atomic mass is 9.49. The molecule has 4 bridgehead atoms. The van der Waals surface area contributed by atoms with Gasteiger partial charge < -0.3 is 10.1 Å². The molecule has 0 saturated heterocycles. The van der Waals surface area contributed by atoms with Crippen molar-refractivity contribution in [2.45, 2.75) is 64.5 Å². The van der Waals surface area contributed by atoms with Crippen molar-refractivity contribution in [1.82, 2.24) is 5.32 Å². The van der Waals surface area contributed by atoms with Gasteiger partial charge in [0.25, 0.3) is 0 Å². The van der Waals surface area contributed by atoms with Gasteiger partial charge in [-0.05, 0) is 75.7 Å². The standard InChI is InChI=1S/C22H31NO2/c1-21(2,15-25-14-16-6-4-3-5-7-16)23-20(24)22-11-17-8-18(12-22)10-19(9-17)13-22/h3-7,17-19H,8-15H2,1-2H3,(H,23,24). The highest BCUT2D eigenvalue weighted by atomic mass is 16.5. The molecule has 3 heteroatoms. The van der Waals surface area contributed by atoms with Gasteiger partial charge >= 0.3 is 0 Å². The van der Waals surface area contributed by atoms with Crippen LogP contribution in [0.4, 0.5) is 0 Å². The lowest BCUT2D eigenvalue weighted by Gasteiger charge is -2.56. The fourth-order valence-electron chi connectivity index (χ4n) is 5.86. The van der Waals surface area contributed by atoms with E-state index in [0.29, 0.717) is 19.1 Å². The van der Waals surface area contributed by atoms with Crippen LogP contribution in [0.25, 0.3) is 0 Å². The van der Waals surface area contributed by atoms with E-state index >= 15 is 0 Å². The third-order valence-electron chi connectivity index (χ3n) is 6.55. The fraction of sp³-hybridized carbons (Fsp3) is 0.682. The first kappa shape index (κ1) is 17.1. The molecule has 0 aliphatic heterocycles. The van der Waals surface area contributed by atoms with Crippen molar-refractivity contribution >= 4 is 5.91 Å². The van der Waals surface area contributed by atoms with Gasteiger partial charge in [-0.15, -0.1) is 0 Å². The molecule has 4 aliphatic carbocycles. The van der Waals surface area contributed by atoms with Crippen LogP contribution >= 0.6 is 0 Å². The Bertz CT molecular complexity index is 587. The van der Waals surface area contributed by atoms with Crippen molar-refractivity contribution in [3.8, 4) is 0 Å². The Morgan fingerprint density at radius 1 is 1.08 bits per heavy atom. The van der Waals surface area contributed by atoms with Crippen LogP contribution in [0.1, 0.15) is 57.9 Å². The van der Waals surface area contributed by atoms with Gasteiger partial charge in [-0.25, -0.2) is 0 Å². The first-order chi connectivity index (χ1) is 11.9. The zero-order valence-electron chi connectivity index (χ0n) is 15.6. The van der Waals surface area contributed by atoms with Crippen LogP contribution in [0, 0.1) is 23.2 Å². The van der Waals surface area contributed by atoms with E-state index in [-0.39, 0.29) is 11.0 Å². The minimum absolute atomic E-state index is 0.0779. The molecule has 0 heterocycles.